The van der Waals surface area contributed by atoms with Gasteiger partial charge in [0.1, 0.15) is 0 Å². The minimum Gasteiger partial charge on any atom is -0.311 e. The van der Waals surface area contributed by atoms with Gasteiger partial charge in [0.2, 0.25) is 0 Å². The molecule has 0 aliphatic carbocycles. The molecule has 5 rings (SSSR count). The third-order valence-corrected chi connectivity index (χ3v) is 6.86. The number of aryl methyl sites for hydroxylation is 2. The van der Waals surface area contributed by atoms with Crippen molar-refractivity contribution in [1.82, 2.24) is 5.32 Å². The van der Waals surface area contributed by atoms with Gasteiger partial charge >= 0.3 is 0 Å². The molecule has 0 aromatic heterocycles. The van der Waals surface area contributed by atoms with Crippen molar-refractivity contribution in [1.29, 1.82) is 0 Å². The van der Waals surface area contributed by atoms with Crippen molar-refractivity contribution >= 4 is 21.5 Å². The van der Waals surface area contributed by atoms with Gasteiger partial charge in [-0.1, -0.05) is 91.3 Å². The van der Waals surface area contributed by atoms with Crippen molar-refractivity contribution in [3.63, 3.8) is 0 Å². The summed E-state index contributed by atoms with van der Waals surface area (Å²) < 4.78 is 0. The Balaban J connectivity index is 1.20. The zero-order chi connectivity index (χ0) is 20.2. The van der Waals surface area contributed by atoms with Crippen LogP contribution in [0.2, 0.25) is 0 Å². The summed E-state index contributed by atoms with van der Waals surface area (Å²) >= 11 is 0. The Kier molecular flexibility index (Phi) is 5.81. The lowest BCUT2D eigenvalue weighted by atomic mass is 9.90. The van der Waals surface area contributed by atoms with Crippen LogP contribution in [0, 0.1) is 0 Å². The summed E-state index contributed by atoms with van der Waals surface area (Å²) in [4.78, 5) is 0. The smallest absolute Gasteiger partial charge is 0.00728 e. The topological polar surface area (TPSA) is 12.0 Å². The summed E-state index contributed by atoms with van der Waals surface area (Å²) in [6.45, 7) is 0. The van der Waals surface area contributed by atoms with Crippen LogP contribution in [0.15, 0.2) is 84.9 Å². The second-order valence-electron chi connectivity index (χ2n) is 8.85. The summed E-state index contributed by atoms with van der Waals surface area (Å²) in [6.07, 6.45) is 8.78. The maximum absolute atomic E-state index is 3.99. The Morgan fingerprint density at radius 3 is 1.57 bits per heavy atom. The van der Waals surface area contributed by atoms with Gasteiger partial charge in [0, 0.05) is 12.1 Å². The normalized spacial score (nSPS) is 19.3. The maximum Gasteiger partial charge on any atom is 0.00728 e. The van der Waals surface area contributed by atoms with Gasteiger partial charge in [-0.2, -0.15) is 0 Å². The van der Waals surface area contributed by atoms with Gasteiger partial charge < -0.3 is 5.32 Å². The Morgan fingerprint density at radius 2 is 1.03 bits per heavy atom. The van der Waals surface area contributed by atoms with E-state index in [2.05, 4.69) is 90.2 Å². The molecule has 1 aliphatic rings. The molecule has 1 heterocycles. The van der Waals surface area contributed by atoms with Crippen molar-refractivity contribution in [2.24, 2.45) is 0 Å². The average molecular weight is 394 g/mol. The van der Waals surface area contributed by atoms with Gasteiger partial charge in [-0.3, -0.25) is 0 Å². The lowest BCUT2D eigenvalue weighted by molar-refractivity contribution is 0.297. The molecule has 152 valence electrons. The first-order valence-corrected chi connectivity index (χ1v) is 11.6. The minimum absolute atomic E-state index is 0.648. The van der Waals surface area contributed by atoms with Gasteiger partial charge in [0.15, 0.2) is 0 Å². The van der Waals surface area contributed by atoms with Crippen LogP contribution in [0.3, 0.4) is 0 Å². The van der Waals surface area contributed by atoms with Crippen LogP contribution in [0.25, 0.3) is 21.5 Å². The summed E-state index contributed by atoms with van der Waals surface area (Å²) in [6, 6.07) is 32.4. The molecule has 0 spiro atoms. The molecule has 0 amide bonds. The second-order valence-corrected chi connectivity index (χ2v) is 8.85. The molecule has 4 aromatic carbocycles. The lowest BCUT2D eigenvalue weighted by Gasteiger charge is -2.31. The van der Waals surface area contributed by atoms with Crippen molar-refractivity contribution in [3.05, 3.63) is 96.1 Å². The molecule has 1 N–H and O–H groups in total. The molecule has 0 radical (unpaired) electrons. The Labute approximate surface area is 180 Å². The first-order valence-electron chi connectivity index (χ1n) is 11.6. The van der Waals surface area contributed by atoms with Crippen LogP contribution in [0.5, 0.6) is 0 Å². The quantitative estimate of drug-likeness (QED) is 0.369. The van der Waals surface area contributed by atoms with E-state index in [0.29, 0.717) is 12.1 Å². The summed E-state index contributed by atoms with van der Waals surface area (Å²) in [5.74, 6) is 0. The summed E-state index contributed by atoms with van der Waals surface area (Å²) in [5, 5.41) is 9.55. The second kappa shape index (κ2) is 9.02. The third-order valence-electron chi connectivity index (χ3n) is 6.86. The van der Waals surface area contributed by atoms with E-state index in [0.717, 1.165) is 12.8 Å². The highest BCUT2D eigenvalue weighted by molar-refractivity contribution is 5.86. The van der Waals surface area contributed by atoms with E-state index < -0.39 is 0 Å². The summed E-state index contributed by atoms with van der Waals surface area (Å²) in [7, 11) is 0. The molecule has 1 nitrogen and oxygen atoms in total. The van der Waals surface area contributed by atoms with Crippen LogP contribution in [-0.2, 0) is 12.8 Å². The number of hydrogen-bond acceptors (Lipinski definition) is 1. The van der Waals surface area contributed by atoms with Crippen LogP contribution in [0.1, 0.15) is 43.2 Å². The molecule has 2 atom stereocenters. The lowest BCUT2D eigenvalue weighted by Crippen LogP contribution is -2.42. The molecule has 1 heteroatoms. The number of piperidine rings is 1. The fraction of sp³-hybridized carbons (Fsp3) is 0.310. The van der Waals surface area contributed by atoms with Gasteiger partial charge in [-0.05, 0) is 71.2 Å². The highest BCUT2D eigenvalue weighted by atomic mass is 15.0. The highest BCUT2D eigenvalue weighted by Gasteiger charge is 2.21. The molecule has 30 heavy (non-hydrogen) atoms. The minimum atomic E-state index is 0.648. The monoisotopic (exact) mass is 393 g/mol. The predicted octanol–water partition coefficient (Wildman–Crippen LogP) is 7.07. The molecule has 0 saturated carbocycles. The number of benzene rings is 4. The van der Waals surface area contributed by atoms with E-state index in [1.807, 2.05) is 0 Å². The largest absolute Gasteiger partial charge is 0.311 e. The summed E-state index contributed by atoms with van der Waals surface area (Å²) in [5.41, 5.74) is 2.99. The SMILES string of the molecule is c1ccc2c(CC[C@H]3CCC[C@@H](CCc4cccc5ccccc45)N3)cccc2c1. The van der Waals surface area contributed by atoms with E-state index in [1.54, 1.807) is 0 Å². The highest BCUT2D eigenvalue weighted by Crippen LogP contribution is 2.25. The van der Waals surface area contributed by atoms with Crippen molar-refractivity contribution in [2.75, 3.05) is 0 Å². The molecular formula is C29H31N. The van der Waals surface area contributed by atoms with E-state index in [1.165, 1.54) is 64.8 Å². The van der Waals surface area contributed by atoms with Gasteiger partial charge in [-0.15, -0.1) is 0 Å². The molecule has 1 aliphatic heterocycles. The number of rotatable bonds is 6. The van der Waals surface area contributed by atoms with E-state index in [4.69, 9.17) is 0 Å². The van der Waals surface area contributed by atoms with E-state index >= 15 is 0 Å². The maximum atomic E-state index is 3.99. The third kappa shape index (κ3) is 4.27. The van der Waals surface area contributed by atoms with Gasteiger partial charge in [-0.25, -0.2) is 0 Å². The fourth-order valence-electron chi connectivity index (χ4n) is 5.25. The average Bonchev–Trinajstić information content (AvgIpc) is 2.81. The molecule has 1 fully saturated rings. The van der Waals surface area contributed by atoms with Crippen LogP contribution >= 0.6 is 0 Å². The Bertz CT molecular complexity index is 1030. The standard InChI is InChI=1S/C29H31N/c1-3-16-28-22(8-1)10-5-12-24(28)18-20-26-14-7-15-27(30-26)21-19-25-13-6-11-23-9-2-4-17-29(23)25/h1-6,8-13,16-17,26-27,30H,7,14-15,18-21H2/t26-,27+. The molecule has 0 bridgehead atoms. The van der Waals surface area contributed by atoms with Crippen LogP contribution < -0.4 is 5.32 Å². The van der Waals surface area contributed by atoms with Gasteiger partial charge in [0.25, 0.3) is 0 Å². The fourth-order valence-corrected chi connectivity index (χ4v) is 5.25. The zero-order valence-electron chi connectivity index (χ0n) is 17.7. The predicted molar refractivity (Wildman–Crippen MR) is 129 cm³/mol. The zero-order valence-corrected chi connectivity index (χ0v) is 17.7. The van der Waals surface area contributed by atoms with Crippen molar-refractivity contribution in [2.45, 2.75) is 57.0 Å². The Morgan fingerprint density at radius 1 is 0.567 bits per heavy atom. The molecular weight excluding hydrogens is 362 g/mol. The molecule has 1 saturated heterocycles. The number of nitrogens with one attached hydrogen (secondary N) is 1. The van der Waals surface area contributed by atoms with Crippen LogP contribution in [0.4, 0.5) is 0 Å². The van der Waals surface area contributed by atoms with Crippen molar-refractivity contribution < 1.29 is 0 Å². The molecule has 0 unspecified atom stereocenters. The van der Waals surface area contributed by atoms with Crippen molar-refractivity contribution in [3.8, 4) is 0 Å². The first-order chi connectivity index (χ1) is 14.9. The van der Waals surface area contributed by atoms with E-state index in [9.17, 15) is 0 Å². The van der Waals surface area contributed by atoms with Crippen LogP contribution in [-0.4, -0.2) is 12.1 Å². The first kappa shape index (κ1) is 19.3. The number of fused-ring (bicyclic) bond motifs is 2. The van der Waals surface area contributed by atoms with Gasteiger partial charge in [0.05, 0.1) is 0 Å². The number of hydrogen-bond donors (Lipinski definition) is 1. The molecule has 4 aromatic rings. The Hall–Kier alpha value is -2.64. The van der Waals surface area contributed by atoms with E-state index in [-0.39, 0.29) is 0 Å².